The van der Waals surface area contributed by atoms with Crippen LogP contribution in [-0.2, 0) is 10.0 Å². The minimum atomic E-state index is -3.90. The second-order valence-corrected chi connectivity index (χ2v) is 6.40. The van der Waals surface area contributed by atoms with Crippen molar-refractivity contribution in [3.63, 3.8) is 0 Å². The van der Waals surface area contributed by atoms with E-state index in [1.165, 1.54) is 12.1 Å². The zero-order valence-electron chi connectivity index (χ0n) is 10.1. The van der Waals surface area contributed by atoms with Gasteiger partial charge in [-0.15, -0.1) is 0 Å². The van der Waals surface area contributed by atoms with Crippen LogP contribution in [-0.4, -0.2) is 8.42 Å². The van der Waals surface area contributed by atoms with Gasteiger partial charge in [0.25, 0.3) is 0 Å². The SMILES string of the molecule is Nc1ccc(Nc2ccc(Cl)c(Cl)c2)c(S(N)(=O)=O)c1. The predicted octanol–water partition coefficient (Wildman–Crippen LogP) is 2.97. The number of hydrogen-bond donors (Lipinski definition) is 3. The molecule has 0 heterocycles. The van der Waals surface area contributed by atoms with Crippen LogP contribution in [0.25, 0.3) is 0 Å². The minimum absolute atomic E-state index is 0.0939. The van der Waals surface area contributed by atoms with Crippen molar-refractivity contribution in [2.24, 2.45) is 5.14 Å². The van der Waals surface area contributed by atoms with E-state index >= 15 is 0 Å². The summed E-state index contributed by atoms with van der Waals surface area (Å²) in [6, 6.07) is 9.21. The van der Waals surface area contributed by atoms with E-state index in [4.69, 9.17) is 34.1 Å². The molecule has 0 spiro atoms. The van der Waals surface area contributed by atoms with Gasteiger partial charge in [0.2, 0.25) is 10.0 Å². The van der Waals surface area contributed by atoms with Gasteiger partial charge in [0.05, 0.1) is 15.7 Å². The smallest absolute Gasteiger partial charge is 0.240 e. The standard InChI is InChI=1S/C12H11Cl2N3O2S/c13-9-3-2-8(6-10(9)14)17-11-4-1-7(15)5-12(11)20(16,18)19/h1-6,17H,15H2,(H2,16,18,19). The van der Waals surface area contributed by atoms with Crippen molar-refractivity contribution in [2.75, 3.05) is 11.1 Å². The van der Waals surface area contributed by atoms with Crippen molar-refractivity contribution < 1.29 is 8.42 Å². The summed E-state index contributed by atoms with van der Waals surface area (Å²) in [4.78, 5) is -0.0939. The van der Waals surface area contributed by atoms with E-state index in [0.29, 0.717) is 27.1 Å². The highest BCUT2D eigenvalue weighted by atomic mass is 35.5. The number of nitrogen functional groups attached to an aromatic ring is 1. The van der Waals surface area contributed by atoms with Gasteiger partial charge in [-0.05, 0) is 36.4 Å². The lowest BCUT2D eigenvalue weighted by atomic mass is 10.2. The average Bonchev–Trinajstić information content (AvgIpc) is 2.35. The van der Waals surface area contributed by atoms with Gasteiger partial charge in [0, 0.05) is 11.4 Å². The average molecular weight is 332 g/mol. The number of rotatable bonds is 3. The number of primary sulfonamides is 1. The highest BCUT2D eigenvalue weighted by molar-refractivity contribution is 7.89. The largest absolute Gasteiger partial charge is 0.399 e. The molecule has 0 saturated heterocycles. The number of anilines is 3. The molecule has 0 atom stereocenters. The maximum atomic E-state index is 11.6. The van der Waals surface area contributed by atoms with Crippen LogP contribution in [0.15, 0.2) is 41.3 Å². The molecular formula is C12H11Cl2N3O2S. The first kappa shape index (κ1) is 14.9. The molecule has 5 nitrogen and oxygen atoms in total. The third-order valence-corrected chi connectivity index (χ3v) is 4.20. The Balaban J connectivity index is 2.46. The summed E-state index contributed by atoms with van der Waals surface area (Å²) in [5.41, 5.74) is 6.76. The van der Waals surface area contributed by atoms with Crippen molar-refractivity contribution in [3.05, 3.63) is 46.4 Å². The molecule has 20 heavy (non-hydrogen) atoms. The van der Waals surface area contributed by atoms with Gasteiger partial charge in [-0.2, -0.15) is 0 Å². The van der Waals surface area contributed by atoms with Crippen LogP contribution in [0, 0.1) is 0 Å². The number of halogens is 2. The van der Waals surface area contributed by atoms with E-state index in [9.17, 15) is 8.42 Å². The molecule has 2 rings (SSSR count). The molecule has 0 unspecified atom stereocenters. The third-order valence-electron chi connectivity index (χ3n) is 2.51. The minimum Gasteiger partial charge on any atom is -0.399 e. The quantitative estimate of drug-likeness (QED) is 0.753. The van der Waals surface area contributed by atoms with Gasteiger partial charge in [-0.25, -0.2) is 13.6 Å². The van der Waals surface area contributed by atoms with Crippen molar-refractivity contribution in [3.8, 4) is 0 Å². The van der Waals surface area contributed by atoms with Crippen molar-refractivity contribution in [1.29, 1.82) is 0 Å². The number of benzene rings is 2. The Morgan fingerprint density at radius 2 is 1.70 bits per heavy atom. The number of nitrogens with one attached hydrogen (secondary N) is 1. The van der Waals surface area contributed by atoms with Gasteiger partial charge in [-0.1, -0.05) is 23.2 Å². The van der Waals surface area contributed by atoms with Crippen LogP contribution in [0.3, 0.4) is 0 Å². The van der Waals surface area contributed by atoms with Crippen molar-refractivity contribution >= 4 is 50.3 Å². The molecule has 0 amide bonds. The van der Waals surface area contributed by atoms with Gasteiger partial charge >= 0.3 is 0 Å². The normalized spacial score (nSPS) is 11.3. The van der Waals surface area contributed by atoms with Gasteiger partial charge in [0.1, 0.15) is 4.90 Å². The fraction of sp³-hybridized carbons (Fsp3) is 0. The lowest BCUT2D eigenvalue weighted by Crippen LogP contribution is -2.14. The Labute approximate surface area is 126 Å². The van der Waals surface area contributed by atoms with Gasteiger partial charge < -0.3 is 11.1 Å². The fourth-order valence-corrected chi connectivity index (χ4v) is 2.63. The molecule has 0 aromatic heterocycles. The monoisotopic (exact) mass is 331 g/mol. The molecule has 5 N–H and O–H groups in total. The molecule has 8 heteroatoms. The predicted molar refractivity (Wildman–Crippen MR) is 82.0 cm³/mol. The van der Waals surface area contributed by atoms with Crippen LogP contribution >= 0.6 is 23.2 Å². The second kappa shape index (κ2) is 5.49. The molecule has 0 aliphatic heterocycles. The molecule has 0 aliphatic rings. The maximum absolute atomic E-state index is 11.6. The van der Waals surface area contributed by atoms with E-state index in [-0.39, 0.29) is 4.90 Å². The maximum Gasteiger partial charge on any atom is 0.240 e. The molecule has 0 fully saturated rings. The summed E-state index contributed by atoms with van der Waals surface area (Å²) in [5, 5.41) is 8.84. The zero-order valence-corrected chi connectivity index (χ0v) is 12.4. The fourth-order valence-electron chi connectivity index (χ4n) is 1.61. The summed E-state index contributed by atoms with van der Waals surface area (Å²) >= 11 is 11.7. The lowest BCUT2D eigenvalue weighted by molar-refractivity contribution is 0.598. The highest BCUT2D eigenvalue weighted by Gasteiger charge is 2.14. The van der Waals surface area contributed by atoms with Gasteiger partial charge in [0.15, 0.2) is 0 Å². The van der Waals surface area contributed by atoms with Crippen LogP contribution < -0.4 is 16.2 Å². The summed E-state index contributed by atoms with van der Waals surface area (Å²) < 4.78 is 23.1. The van der Waals surface area contributed by atoms with Crippen LogP contribution in [0.4, 0.5) is 17.1 Å². The van der Waals surface area contributed by atoms with Crippen LogP contribution in [0.2, 0.25) is 10.0 Å². The van der Waals surface area contributed by atoms with Gasteiger partial charge in [-0.3, -0.25) is 0 Å². The van der Waals surface area contributed by atoms with Crippen molar-refractivity contribution in [2.45, 2.75) is 4.90 Å². The van der Waals surface area contributed by atoms with E-state index < -0.39 is 10.0 Å². The van der Waals surface area contributed by atoms with E-state index in [1.807, 2.05) is 0 Å². The molecule has 0 bridgehead atoms. The molecule has 106 valence electrons. The first-order valence-electron chi connectivity index (χ1n) is 5.42. The molecular weight excluding hydrogens is 321 g/mol. The molecule has 2 aromatic rings. The summed E-state index contributed by atoms with van der Waals surface area (Å²) in [7, 11) is -3.90. The number of sulfonamides is 1. The molecule has 0 aliphatic carbocycles. The Kier molecular flexibility index (Phi) is 4.10. The Morgan fingerprint density at radius 1 is 1.00 bits per heavy atom. The van der Waals surface area contributed by atoms with Crippen molar-refractivity contribution in [1.82, 2.24) is 0 Å². The summed E-state index contributed by atoms with van der Waals surface area (Å²) in [5.74, 6) is 0. The number of hydrogen-bond acceptors (Lipinski definition) is 4. The molecule has 0 saturated carbocycles. The van der Waals surface area contributed by atoms with E-state index in [0.717, 1.165) is 0 Å². The molecule has 0 radical (unpaired) electrons. The Morgan fingerprint density at radius 3 is 2.30 bits per heavy atom. The first-order valence-corrected chi connectivity index (χ1v) is 7.72. The second-order valence-electron chi connectivity index (χ2n) is 4.05. The Hall–Kier alpha value is -1.47. The Bertz CT molecular complexity index is 763. The van der Waals surface area contributed by atoms with E-state index in [2.05, 4.69) is 5.32 Å². The summed E-state index contributed by atoms with van der Waals surface area (Å²) in [6.07, 6.45) is 0. The first-order chi connectivity index (χ1) is 9.27. The summed E-state index contributed by atoms with van der Waals surface area (Å²) in [6.45, 7) is 0. The highest BCUT2D eigenvalue weighted by Crippen LogP contribution is 2.30. The molecule has 2 aromatic carbocycles. The van der Waals surface area contributed by atoms with Crippen LogP contribution in [0.1, 0.15) is 0 Å². The van der Waals surface area contributed by atoms with E-state index in [1.54, 1.807) is 24.3 Å². The lowest BCUT2D eigenvalue weighted by Gasteiger charge is -2.12. The topological polar surface area (TPSA) is 98.2 Å². The van der Waals surface area contributed by atoms with Crippen LogP contribution in [0.5, 0.6) is 0 Å². The number of nitrogens with two attached hydrogens (primary N) is 2. The third kappa shape index (κ3) is 3.34. The zero-order chi connectivity index (χ0) is 14.9.